The van der Waals surface area contributed by atoms with E-state index < -0.39 is 38.6 Å². The maximum Gasteiger partial charge on any atom is 0.325 e. The Kier molecular flexibility index (Phi) is 6.57. The van der Waals surface area contributed by atoms with Crippen molar-refractivity contribution in [3.8, 4) is 5.75 Å². The number of ether oxygens (including phenoxy) is 2. The summed E-state index contributed by atoms with van der Waals surface area (Å²) >= 11 is 0.814. The van der Waals surface area contributed by atoms with E-state index in [-0.39, 0.29) is 33.0 Å². The minimum absolute atomic E-state index is 0.0416. The van der Waals surface area contributed by atoms with Gasteiger partial charge in [0, 0.05) is 19.6 Å². The molecule has 0 spiro atoms. The van der Waals surface area contributed by atoms with Crippen molar-refractivity contribution in [3.63, 3.8) is 0 Å². The molecule has 2 aromatic rings. The Balaban J connectivity index is 1.95. The van der Waals surface area contributed by atoms with Crippen molar-refractivity contribution in [2.75, 3.05) is 39.6 Å². The number of anilines is 1. The molecule has 3 rings (SSSR count). The van der Waals surface area contributed by atoms with Crippen molar-refractivity contribution >= 4 is 42.5 Å². The summed E-state index contributed by atoms with van der Waals surface area (Å²) in [6, 6.07) is 4.32. The van der Waals surface area contributed by atoms with Gasteiger partial charge in [-0.05, 0) is 31.2 Å². The van der Waals surface area contributed by atoms with Crippen LogP contribution >= 0.6 is 11.3 Å². The third kappa shape index (κ3) is 4.39. The van der Waals surface area contributed by atoms with Gasteiger partial charge in [0.25, 0.3) is 10.0 Å². The molecule has 1 saturated heterocycles. The number of carbonyl (C=O) groups is 1. The maximum atomic E-state index is 13.2. The van der Waals surface area contributed by atoms with Crippen LogP contribution in [-0.2, 0) is 29.6 Å². The summed E-state index contributed by atoms with van der Waals surface area (Å²) in [4.78, 5) is 16.3. The summed E-state index contributed by atoms with van der Waals surface area (Å²) < 4.78 is 64.3. The number of esters is 1. The van der Waals surface area contributed by atoms with E-state index in [2.05, 4.69) is 4.98 Å². The first kappa shape index (κ1) is 23.4. The Bertz CT molecular complexity index is 1180. The van der Waals surface area contributed by atoms with Crippen LogP contribution in [0.3, 0.4) is 0 Å². The molecule has 14 heteroatoms. The number of hydrogen-bond acceptors (Lipinski definition) is 10. The van der Waals surface area contributed by atoms with Gasteiger partial charge in [0.2, 0.25) is 10.0 Å². The minimum atomic E-state index is -4.10. The summed E-state index contributed by atoms with van der Waals surface area (Å²) in [7, 11) is -5.56. The van der Waals surface area contributed by atoms with Crippen LogP contribution in [0.15, 0.2) is 33.4 Å². The number of aryl methyl sites for hydroxylation is 1. The Labute approximate surface area is 184 Å². The van der Waals surface area contributed by atoms with Crippen molar-refractivity contribution in [1.82, 2.24) is 13.6 Å². The first-order chi connectivity index (χ1) is 14.5. The molecule has 1 fully saturated rings. The van der Waals surface area contributed by atoms with Crippen molar-refractivity contribution < 1.29 is 31.1 Å². The number of nitrogens with zero attached hydrogens (tertiary/aromatic N) is 3. The first-order valence-corrected chi connectivity index (χ1v) is 12.7. The van der Waals surface area contributed by atoms with Gasteiger partial charge in [0.15, 0.2) is 9.34 Å². The monoisotopic (exact) mass is 490 g/mol. The average Bonchev–Trinajstić information content (AvgIpc) is 3.11. The first-order valence-electron chi connectivity index (χ1n) is 8.99. The molecule has 1 atom stereocenters. The molecular weight excluding hydrogens is 468 g/mol. The molecule has 2 heterocycles. The number of piperazine rings is 1. The second-order valence-corrected chi connectivity index (χ2v) is 11.7. The molecule has 2 N–H and O–H groups in total. The summed E-state index contributed by atoms with van der Waals surface area (Å²) in [6.07, 6.45) is 0. The van der Waals surface area contributed by atoms with E-state index in [0.717, 1.165) is 27.1 Å². The molecule has 170 valence electrons. The van der Waals surface area contributed by atoms with Crippen LogP contribution in [0, 0.1) is 6.92 Å². The number of nitrogens with two attached hydrogens (primary N) is 1. The molecule has 11 nitrogen and oxygen atoms in total. The van der Waals surface area contributed by atoms with Crippen LogP contribution in [0.2, 0.25) is 0 Å². The average molecular weight is 491 g/mol. The Morgan fingerprint density at radius 3 is 2.29 bits per heavy atom. The van der Waals surface area contributed by atoms with Crippen LogP contribution in [-0.4, -0.2) is 76.3 Å². The van der Waals surface area contributed by atoms with Gasteiger partial charge in [-0.15, -0.1) is 0 Å². The molecule has 1 aromatic carbocycles. The molecule has 0 bridgehead atoms. The number of thiazole rings is 1. The van der Waals surface area contributed by atoms with Crippen LogP contribution in [0.25, 0.3) is 0 Å². The van der Waals surface area contributed by atoms with Gasteiger partial charge in [-0.3, -0.25) is 4.79 Å². The number of rotatable bonds is 6. The Hall–Kier alpha value is -2.26. The highest BCUT2D eigenvalue weighted by molar-refractivity contribution is 7.91. The molecule has 1 aliphatic heterocycles. The van der Waals surface area contributed by atoms with E-state index in [1.165, 1.54) is 38.3 Å². The third-order valence-electron chi connectivity index (χ3n) is 4.78. The van der Waals surface area contributed by atoms with E-state index in [0.29, 0.717) is 5.75 Å². The van der Waals surface area contributed by atoms with Gasteiger partial charge >= 0.3 is 5.97 Å². The molecular formula is C17H22N4O7S3. The topological polar surface area (TPSA) is 149 Å². The number of nitrogen functional groups attached to an aromatic ring is 1. The predicted octanol–water partition coefficient (Wildman–Crippen LogP) is 0.279. The quantitative estimate of drug-likeness (QED) is 0.563. The largest absolute Gasteiger partial charge is 0.497 e. The van der Waals surface area contributed by atoms with Crippen molar-refractivity contribution in [2.45, 2.75) is 22.1 Å². The summed E-state index contributed by atoms with van der Waals surface area (Å²) in [6.45, 7) is 0.729. The summed E-state index contributed by atoms with van der Waals surface area (Å²) in [5.74, 6) is -0.392. The number of sulfonamides is 2. The van der Waals surface area contributed by atoms with Crippen LogP contribution in [0.4, 0.5) is 5.13 Å². The molecule has 1 aromatic heterocycles. The van der Waals surface area contributed by atoms with E-state index in [9.17, 15) is 21.6 Å². The van der Waals surface area contributed by atoms with Gasteiger partial charge in [0.05, 0.1) is 24.8 Å². The molecule has 0 aliphatic carbocycles. The fraction of sp³-hybridized carbons (Fsp3) is 0.412. The molecule has 1 aliphatic rings. The zero-order chi connectivity index (χ0) is 23.0. The predicted molar refractivity (Wildman–Crippen MR) is 113 cm³/mol. The molecule has 31 heavy (non-hydrogen) atoms. The number of hydrogen-bond donors (Lipinski definition) is 1. The fourth-order valence-corrected chi connectivity index (χ4v) is 7.65. The molecule has 1 unspecified atom stereocenters. The lowest BCUT2D eigenvalue weighted by Crippen LogP contribution is -2.59. The van der Waals surface area contributed by atoms with Gasteiger partial charge in [0.1, 0.15) is 11.8 Å². The standard InChI is InChI=1S/C17H22N4O7S3/c1-11-16(29-17(18)19-11)31(25,26)20-8-9-21(14(10-20)15(22)28-3)30(23,24)13-6-4-12(27-2)5-7-13/h4-7,14H,8-10H2,1-3H3,(H2,18,19). The zero-order valence-electron chi connectivity index (χ0n) is 17.0. The van der Waals surface area contributed by atoms with Crippen LogP contribution < -0.4 is 10.5 Å². The van der Waals surface area contributed by atoms with Gasteiger partial charge in [-0.2, -0.15) is 8.61 Å². The highest BCUT2D eigenvalue weighted by Gasteiger charge is 2.44. The second kappa shape index (κ2) is 8.70. The van der Waals surface area contributed by atoms with Crippen molar-refractivity contribution in [3.05, 3.63) is 30.0 Å². The number of methoxy groups -OCH3 is 2. The minimum Gasteiger partial charge on any atom is -0.497 e. The number of aromatic nitrogens is 1. The van der Waals surface area contributed by atoms with Gasteiger partial charge in [-0.25, -0.2) is 21.8 Å². The van der Waals surface area contributed by atoms with E-state index in [1.807, 2.05) is 0 Å². The highest BCUT2D eigenvalue weighted by atomic mass is 32.2. The van der Waals surface area contributed by atoms with E-state index in [4.69, 9.17) is 15.2 Å². The van der Waals surface area contributed by atoms with Gasteiger partial charge in [-0.1, -0.05) is 11.3 Å². The summed E-state index contributed by atoms with van der Waals surface area (Å²) in [5, 5.41) is 0.0984. The van der Waals surface area contributed by atoms with Crippen LogP contribution in [0.1, 0.15) is 5.69 Å². The number of benzene rings is 1. The molecule has 0 amide bonds. The second-order valence-electron chi connectivity index (χ2n) is 6.62. The zero-order valence-corrected chi connectivity index (χ0v) is 19.5. The van der Waals surface area contributed by atoms with Crippen LogP contribution in [0.5, 0.6) is 5.75 Å². The third-order valence-corrected chi connectivity index (χ3v) is 10.1. The Morgan fingerprint density at radius 1 is 1.13 bits per heavy atom. The lowest BCUT2D eigenvalue weighted by Gasteiger charge is -2.38. The maximum absolute atomic E-state index is 13.2. The van der Waals surface area contributed by atoms with Crippen molar-refractivity contribution in [2.24, 2.45) is 0 Å². The van der Waals surface area contributed by atoms with Gasteiger partial charge < -0.3 is 15.2 Å². The SMILES string of the molecule is COC(=O)C1CN(S(=O)(=O)c2sc(N)nc2C)CCN1S(=O)(=O)c1ccc(OC)cc1. The fourth-order valence-electron chi connectivity index (χ4n) is 3.22. The smallest absolute Gasteiger partial charge is 0.325 e. The molecule has 0 saturated carbocycles. The van der Waals surface area contributed by atoms with Crippen molar-refractivity contribution in [1.29, 1.82) is 0 Å². The lowest BCUT2D eigenvalue weighted by atomic mass is 10.2. The summed E-state index contributed by atoms with van der Waals surface area (Å²) in [5.41, 5.74) is 5.86. The Morgan fingerprint density at radius 2 is 1.77 bits per heavy atom. The lowest BCUT2D eigenvalue weighted by molar-refractivity contribution is -0.146. The molecule has 0 radical (unpaired) electrons. The normalized spacial score (nSPS) is 18.6. The number of carbonyl (C=O) groups excluding carboxylic acids is 1. The van der Waals surface area contributed by atoms with E-state index >= 15 is 0 Å². The highest BCUT2D eigenvalue weighted by Crippen LogP contribution is 2.31. The van der Waals surface area contributed by atoms with E-state index in [1.54, 1.807) is 0 Å².